The summed E-state index contributed by atoms with van der Waals surface area (Å²) in [4.78, 5) is 11.4. The number of hydrogen-bond donors (Lipinski definition) is 1. The molecule has 0 aliphatic rings. The average Bonchev–Trinajstić information content (AvgIpc) is 2.48. The molecule has 1 aromatic carbocycles. The highest BCUT2D eigenvalue weighted by atomic mass is 79.9. The van der Waals surface area contributed by atoms with Gasteiger partial charge in [-0.3, -0.25) is 0 Å². The normalized spacial score (nSPS) is 10.1. The molecule has 118 valence electrons. The second-order valence-corrected chi connectivity index (χ2v) is 4.96. The number of rotatable bonds is 8. The van der Waals surface area contributed by atoms with E-state index in [0.29, 0.717) is 25.3 Å². The van der Waals surface area contributed by atoms with Crippen molar-refractivity contribution in [3.63, 3.8) is 0 Å². The minimum absolute atomic E-state index is 0.234. The summed E-state index contributed by atoms with van der Waals surface area (Å²) in [5, 5.41) is 2.67. The minimum atomic E-state index is -0.463. The Balaban J connectivity index is 2.52. The van der Waals surface area contributed by atoms with E-state index in [1.54, 1.807) is 21.3 Å². The quantitative estimate of drug-likeness (QED) is 0.720. The standard InChI is InChI=1S/C14H20BrNO5/c1-18-6-7-21-14(17)16-5-4-10-8-13(20-3)11(15)9-12(10)19-2/h8-9H,4-7H2,1-3H3,(H,16,17). The summed E-state index contributed by atoms with van der Waals surface area (Å²) in [6, 6.07) is 3.71. The number of hydrogen-bond acceptors (Lipinski definition) is 5. The predicted molar refractivity (Wildman–Crippen MR) is 82.2 cm³/mol. The number of alkyl carbamates (subject to hydrolysis) is 1. The first kappa shape index (κ1) is 17.6. The second-order valence-electron chi connectivity index (χ2n) is 4.10. The molecule has 0 aliphatic heterocycles. The molecule has 0 heterocycles. The van der Waals surface area contributed by atoms with Crippen LogP contribution in [0.15, 0.2) is 16.6 Å². The lowest BCUT2D eigenvalue weighted by Gasteiger charge is -2.12. The van der Waals surface area contributed by atoms with Crippen molar-refractivity contribution < 1.29 is 23.7 Å². The molecule has 0 bridgehead atoms. The van der Waals surface area contributed by atoms with Gasteiger partial charge in [-0.15, -0.1) is 0 Å². The van der Waals surface area contributed by atoms with Gasteiger partial charge in [0.15, 0.2) is 0 Å². The molecule has 0 aliphatic carbocycles. The SMILES string of the molecule is COCCOC(=O)NCCc1cc(OC)c(Br)cc1OC. The van der Waals surface area contributed by atoms with Gasteiger partial charge in [0, 0.05) is 13.7 Å². The molecule has 0 atom stereocenters. The van der Waals surface area contributed by atoms with Gasteiger partial charge >= 0.3 is 6.09 Å². The van der Waals surface area contributed by atoms with E-state index in [1.165, 1.54) is 0 Å². The summed E-state index contributed by atoms with van der Waals surface area (Å²) in [6.45, 7) is 1.05. The number of carbonyl (C=O) groups excluding carboxylic acids is 1. The Morgan fingerprint density at radius 2 is 1.86 bits per heavy atom. The fourth-order valence-electron chi connectivity index (χ4n) is 1.69. The van der Waals surface area contributed by atoms with Gasteiger partial charge in [0.05, 0.1) is 25.3 Å². The van der Waals surface area contributed by atoms with Crippen molar-refractivity contribution in [1.29, 1.82) is 0 Å². The number of nitrogens with one attached hydrogen (secondary N) is 1. The number of benzene rings is 1. The highest BCUT2D eigenvalue weighted by molar-refractivity contribution is 9.10. The van der Waals surface area contributed by atoms with Crippen molar-refractivity contribution in [2.45, 2.75) is 6.42 Å². The number of methoxy groups -OCH3 is 3. The van der Waals surface area contributed by atoms with Crippen molar-refractivity contribution in [3.05, 3.63) is 22.2 Å². The molecule has 0 saturated carbocycles. The third-order valence-corrected chi connectivity index (χ3v) is 3.36. The minimum Gasteiger partial charge on any atom is -0.496 e. The molecule has 0 spiro atoms. The molecule has 0 saturated heterocycles. The first-order valence-electron chi connectivity index (χ1n) is 6.42. The van der Waals surface area contributed by atoms with Crippen LogP contribution in [0.5, 0.6) is 11.5 Å². The zero-order valence-corrected chi connectivity index (χ0v) is 14.0. The van der Waals surface area contributed by atoms with Crippen LogP contribution in [0, 0.1) is 0 Å². The van der Waals surface area contributed by atoms with Crippen molar-refractivity contribution in [2.75, 3.05) is 41.1 Å². The number of halogens is 1. The Bertz CT molecular complexity index is 467. The third kappa shape index (κ3) is 5.81. The maximum absolute atomic E-state index is 11.4. The zero-order chi connectivity index (χ0) is 15.7. The van der Waals surface area contributed by atoms with E-state index in [2.05, 4.69) is 21.2 Å². The van der Waals surface area contributed by atoms with Crippen LogP contribution in [0.3, 0.4) is 0 Å². The summed E-state index contributed by atoms with van der Waals surface area (Å²) in [7, 11) is 4.75. The van der Waals surface area contributed by atoms with Gasteiger partial charge in [0.2, 0.25) is 0 Å². The highest BCUT2D eigenvalue weighted by Crippen LogP contribution is 2.32. The molecular formula is C14H20BrNO5. The second kappa shape index (κ2) is 9.46. The maximum atomic E-state index is 11.4. The molecule has 0 radical (unpaired) electrons. The van der Waals surface area contributed by atoms with Crippen molar-refractivity contribution >= 4 is 22.0 Å². The highest BCUT2D eigenvalue weighted by Gasteiger charge is 2.10. The largest absolute Gasteiger partial charge is 0.496 e. The first-order chi connectivity index (χ1) is 10.1. The fourth-order valence-corrected chi connectivity index (χ4v) is 2.17. The topological polar surface area (TPSA) is 66.0 Å². The van der Waals surface area contributed by atoms with Crippen LogP contribution >= 0.6 is 15.9 Å². The van der Waals surface area contributed by atoms with E-state index in [1.807, 2.05) is 12.1 Å². The lowest BCUT2D eigenvalue weighted by atomic mass is 10.1. The Labute approximate surface area is 132 Å². The summed E-state index contributed by atoms with van der Waals surface area (Å²) in [5.74, 6) is 1.45. The molecule has 0 fully saturated rings. The van der Waals surface area contributed by atoms with E-state index in [-0.39, 0.29) is 6.61 Å². The van der Waals surface area contributed by atoms with Gasteiger partial charge < -0.3 is 24.3 Å². The van der Waals surface area contributed by atoms with E-state index in [0.717, 1.165) is 15.8 Å². The Kier molecular flexibility index (Phi) is 7.92. The van der Waals surface area contributed by atoms with E-state index in [4.69, 9.17) is 18.9 Å². The molecular weight excluding hydrogens is 342 g/mol. The van der Waals surface area contributed by atoms with Crippen LogP contribution in [0.25, 0.3) is 0 Å². The molecule has 0 aromatic heterocycles. The van der Waals surface area contributed by atoms with Gasteiger partial charge in [-0.2, -0.15) is 0 Å². The number of amides is 1. The molecule has 0 unspecified atom stereocenters. The van der Waals surface area contributed by atoms with Gasteiger partial charge in [-0.25, -0.2) is 4.79 Å². The Morgan fingerprint density at radius 1 is 1.14 bits per heavy atom. The van der Waals surface area contributed by atoms with Gasteiger partial charge in [0.1, 0.15) is 18.1 Å². The number of ether oxygens (including phenoxy) is 4. The average molecular weight is 362 g/mol. The smallest absolute Gasteiger partial charge is 0.407 e. The van der Waals surface area contributed by atoms with Gasteiger partial charge in [-0.05, 0) is 40.0 Å². The Morgan fingerprint density at radius 3 is 2.48 bits per heavy atom. The summed E-state index contributed by atoms with van der Waals surface area (Å²) in [5.41, 5.74) is 0.940. The molecule has 1 N–H and O–H groups in total. The van der Waals surface area contributed by atoms with Crippen LogP contribution in [-0.4, -0.2) is 47.2 Å². The van der Waals surface area contributed by atoms with Gasteiger partial charge in [0.25, 0.3) is 0 Å². The number of carbonyl (C=O) groups is 1. The monoisotopic (exact) mass is 361 g/mol. The molecule has 1 rings (SSSR count). The predicted octanol–water partition coefficient (Wildman–Crippen LogP) is 2.38. The van der Waals surface area contributed by atoms with Gasteiger partial charge in [-0.1, -0.05) is 0 Å². The molecule has 6 nitrogen and oxygen atoms in total. The van der Waals surface area contributed by atoms with E-state index >= 15 is 0 Å². The first-order valence-corrected chi connectivity index (χ1v) is 7.21. The molecule has 1 aromatic rings. The molecule has 7 heteroatoms. The van der Waals surface area contributed by atoms with E-state index in [9.17, 15) is 4.79 Å². The lowest BCUT2D eigenvalue weighted by Crippen LogP contribution is -2.27. The van der Waals surface area contributed by atoms with Crippen molar-refractivity contribution in [3.8, 4) is 11.5 Å². The van der Waals surface area contributed by atoms with Crippen LogP contribution in [0.1, 0.15) is 5.56 Å². The third-order valence-electron chi connectivity index (χ3n) is 2.74. The van der Waals surface area contributed by atoms with Crippen molar-refractivity contribution in [2.24, 2.45) is 0 Å². The Hall–Kier alpha value is -1.47. The van der Waals surface area contributed by atoms with Crippen LogP contribution < -0.4 is 14.8 Å². The fraction of sp³-hybridized carbons (Fsp3) is 0.500. The summed E-state index contributed by atoms with van der Waals surface area (Å²) >= 11 is 3.40. The van der Waals surface area contributed by atoms with Crippen LogP contribution in [0.4, 0.5) is 4.79 Å². The zero-order valence-electron chi connectivity index (χ0n) is 12.4. The van der Waals surface area contributed by atoms with E-state index < -0.39 is 6.09 Å². The maximum Gasteiger partial charge on any atom is 0.407 e. The molecule has 21 heavy (non-hydrogen) atoms. The van der Waals surface area contributed by atoms with Crippen LogP contribution in [0.2, 0.25) is 0 Å². The molecule has 1 amide bonds. The summed E-state index contributed by atoms with van der Waals surface area (Å²) < 4.78 is 21.1. The van der Waals surface area contributed by atoms with Crippen molar-refractivity contribution in [1.82, 2.24) is 5.32 Å². The lowest BCUT2D eigenvalue weighted by molar-refractivity contribution is 0.0987. The summed E-state index contributed by atoms with van der Waals surface area (Å²) in [6.07, 6.45) is 0.140. The van der Waals surface area contributed by atoms with Crippen LogP contribution in [-0.2, 0) is 15.9 Å².